The van der Waals surface area contributed by atoms with E-state index in [0.29, 0.717) is 11.6 Å². The summed E-state index contributed by atoms with van der Waals surface area (Å²) in [6.07, 6.45) is 1.72. The molecule has 1 aromatic rings. The molecule has 0 aromatic carbocycles. The van der Waals surface area contributed by atoms with Crippen molar-refractivity contribution < 1.29 is 0 Å². The summed E-state index contributed by atoms with van der Waals surface area (Å²) in [5.74, 6) is 0.443. The zero-order chi connectivity index (χ0) is 9.84. The van der Waals surface area contributed by atoms with Crippen LogP contribution in [0, 0.1) is 0 Å². The molecule has 0 aliphatic heterocycles. The van der Waals surface area contributed by atoms with Gasteiger partial charge in [-0.1, -0.05) is 13.8 Å². The third kappa shape index (κ3) is 3.07. The smallest absolute Gasteiger partial charge is 0.0736 e. The third-order valence-corrected chi connectivity index (χ3v) is 1.91. The van der Waals surface area contributed by atoms with Crippen molar-refractivity contribution in [3.05, 3.63) is 18.0 Å². The van der Waals surface area contributed by atoms with Crippen LogP contribution in [-0.2, 0) is 0 Å². The minimum Gasteiger partial charge on any atom is -0.396 e. The van der Waals surface area contributed by atoms with Gasteiger partial charge in [0.25, 0.3) is 0 Å². The van der Waals surface area contributed by atoms with Crippen molar-refractivity contribution in [3.63, 3.8) is 0 Å². The molecule has 80 valence electrons. The van der Waals surface area contributed by atoms with Crippen molar-refractivity contribution in [3.8, 4) is 0 Å². The van der Waals surface area contributed by atoms with Crippen LogP contribution in [0.2, 0.25) is 0 Å². The van der Waals surface area contributed by atoms with Crippen LogP contribution in [0.25, 0.3) is 0 Å². The van der Waals surface area contributed by atoms with E-state index in [0.717, 1.165) is 17.9 Å². The number of pyridine rings is 1. The first kappa shape index (κ1) is 13.0. The molecule has 3 nitrogen and oxygen atoms in total. The third-order valence-electron chi connectivity index (χ3n) is 1.91. The predicted octanol–water partition coefficient (Wildman–Crippen LogP) is 2.64. The Balaban J connectivity index is 0.00000169. The summed E-state index contributed by atoms with van der Waals surface area (Å²) in [5.41, 5.74) is 8.53. The first-order valence-corrected chi connectivity index (χ1v) is 4.64. The van der Waals surface area contributed by atoms with Gasteiger partial charge in [-0.3, -0.25) is 4.98 Å². The van der Waals surface area contributed by atoms with Gasteiger partial charge in [0, 0.05) is 12.2 Å². The number of hydrogen-bond donors (Lipinski definition) is 2. The monoisotopic (exact) mass is 215 g/mol. The highest BCUT2D eigenvalue weighted by molar-refractivity contribution is 5.85. The minimum absolute atomic E-state index is 0. The maximum absolute atomic E-state index is 5.75. The number of nitrogen functional groups attached to an aromatic ring is 1. The molecule has 0 radical (unpaired) electrons. The highest BCUT2D eigenvalue weighted by atomic mass is 35.5. The number of aromatic nitrogens is 1. The van der Waals surface area contributed by atoms with E-state index in [-0.39, 0.29) is 12.4 Å². The van der Waals surface area contributed by atoms with Crippen molar-refractivity contribution in [2.45, 2.75) is 26.7 Å². The van der Waals surface area contributed by atoms with Crippen LogP contribution in [0.3, 0.4) is 0 Å². The highest BCUT2D eigenvalue weighted by Gasteiger charge is 2.04. The first-order valence-electron chi connectivity index (χ1n) is 4.64. The largest absolute Gasteiger partial charge is 0.396 e. The van der Waals surface area contributed by atoms with E-state index in [1.807, 2.05) is 6.07 Å². The standard InChI is InChI=1S/C10H17N3.ClH/c1-4-12-10-5-9(7(2)3)13-6-8(10)11;/h5-7H,4,11H2,1-3H3,(H,12,13);1H. The molecular formula is C10H18ClN3. The van der Waals surface area contributed by atoms with E-state index in [1.165, 1.54) is 0 Å². The molecule has 4 heteroatoms. The van der Waals surface area contributed by atoms with E-state index < -0.39 is 0 Å². The molecule has 0 atom stereocenters. The van der Waals surface area contributed by atoms with Crippen molar-refractivity contribution in [1.82, 2.24) is 4.98 Å². The fourth-order valence-electron chi connectivity index (χ4n) is 1.14. The molecule has 0 unspecified atom stereocenters. The molecule has 0 spiro atoms. The summed E-state index contributed by atoms with van der Waals surface area (Å²) < 4.78 is 0. The van der Waals surface area contributed by atoms with Gasteiger partial charge in [-0.25, -0.2) is 0 Å². The number of nitrogens with two attached hydrogens (primary N) is 1. The van der Waals surface area contributed by atoms with Crippen LogP contribution in [-0.4, -0.2) is 11.5 Å². The normalized spacial score (nSPS) is 9.71. The van der Waals surface area contributed by atoms with E-state index in [4.69, 9.17) is 5.73 Å². The van der Waals surface area contributed by atoms with Crippen LogP contribution in [0.1, 0.15) is 32.4 Å². The molecule has 0 saturated heterocycles. The number of rotatable bonds is 3. The summed E-state index contributed by atoms with van der Waals surface area (Å²) in [4.78, 5) is 4.26. The van der Waals surface area contributed by atoms with Gasteiger partial charge in [0.15, 0.2) is 0 Å². The van der Waals surface area contributed by atoms with Crippen LogP contribution >= 0.6 is 12.4 Å². The molecule has 1 rings (SSSR count). The average molecular weight is 216 g/mol. The fourth-order valence-corrected chi connectivity index (χ4v) is 1.14. The Morgan fingerprint density at radius 1 is 1.50 bits per heavy atom. The summed E-state index contributed by atoms with van der Waals surface area (Å²) in [7, 11) is 0. The Labute approximate surface area is 91.5 Å². The SMILES string of the molecule is CCNc1cc(C(C)C)ncc1N.Cl. The van der Waals surface area contributed by atoms with Crippen molar-refractivity contribution in [2.24, 2.45) is 0 Å². The maximum atomic E-state index is 5.75. The van der Waals surface area contributed by atoms with Crippen LogP contribution in [0.5, 0.6) is 0 Å². The Kier molecular flexibility index (Phi) is 5.31. The zero-order valence-corrected chi connectivity index (χ0v) is 9.69. The Bertz CT molecular complexity index is 287. The molecule has 0 fully saturated rings. The lowest BCUT2D eigenvalue weighted by Gasteiger charge is -2.10. The maximum Gasteiger partial charge on any atom is 0.0736 e. The van der Waals surface area contributed by atoms with Crippen molar-refractivity contribution in [2.75, 3.05) is 17.6 Å². The topological polar surface area (TPSA) is 50.9 Å². The Morgan fingerprint density at radius 3 is 2.64 bits per heavy atom. The molecule has 3 N–H and O–H groups in total. The fraction of sp³-hybridized carbons (Fsp3) is 0.500. The molecule has 1 aromatic heterocycles. The number of nitrogens with one attached hydrogen (secondary N) is 1. The van der Waals surface area contributed by atoms with Gasteiger partial charge < -0.3 is 11.1 Å². The zero-order valence-electron chi connectivity index (χ0n) is 8.87. The first-order chi connectivity index (χ1) is 6.15. The lowest BCUT2D eigenvalue weighted by atomic mass is 10.1. The van der Waals surface area contributed by atoms with Gasteiger partial charge in [-0.15, -0.1) is 12.4 Å². The molecule has 0 saturated carbocycles. The minimum atomic E-state index is 0. The lowest BCUT2D eigenvalue weighted by molar-refractivity contribution is 0.823. The molecule has 1 heterocycles. The summed E-state index contributed by atoms with van der Waals surface area (Å²) in [6, 6.07) is 2.02. The second-order valence-electron chi connectivity index (χ2n) is 3.38. The Hall–Kier alpha value is -0.960. The molecule has 0 bridgehead atoms. The van der Waals surface area contributed by atoms with Crippen molar-refractivity contribution in [1.29, 1.82) is 0 Å². The summed E-state index contributed by atoms with van der Waals surface area (Å²) in [5, 5.41) is 3.21. The quantitative estimate of drug-likeness (QED) is 0.815. The molecule has 0 aliphatic rings. The van der Waals surface area contributed by atoms with Crippen LogP contribution in [0.15, 0.2) is 12.3 Å². The van der Waals surface area contributed by atoms with Crippen LogP contribution < -0.4 is 11.1 Å². The van der Waals surface area contributed by atoms with Crippen molar-refractivity contribution >= 4 is 23.8 Å². The highest BCUT2D eigenvalue weighted by Crippen LogP contribution is 2.21. The number of halogens is 1. The summed E-state index contributed by atoms with van der Waals surface area (Å²) in [6.45, 7) is 7.17. The average Bonchev–Trinajstić information content (AvgIpc) is 2.08. The molecule has 0 amide bonds. The lowest BCUT2D eigenvalue weighted by Crippen LogP contribution is -2.03. The Morgan fingerprint density at radius 2 is 2.14 bits per heavy atom. The van der Waals surface area contributed by atoms with Gasteiger partial charge in [0.05, 0.1) is 17.6 Å². The molecular weight excluding hydrogens is 198 g/mol. The van der Waals surface area contributed by atoms with Gasteiger partial charge in [-0.05, 0) is 18.9 Å². The van der Waals surface area contributed by atoms with Gasteiger partial charge in [0.1, 0.15) is 0 Å². The van der Waals surface area contributed by atoms with E-state index in [1.54, 1.807) is 6.20 Å². The molecule has 0 aliphatic carbocycles. The van der Waals surface area contributed by atoms with Crippen LogP contribution in [0.4, 0.5) is 11.4 Å². The van der Waals surface area contributed by atoms with E-state index in [9.17, 15) is 0 Å². The predicted molar refractivity (Wildman–Crippen MR) is 64.2 cm³/mol. The second-order valence-corrected chi connectivity index (χ2v) is 3.38. The van der Waals surface area contributed by atoms with E-state index in [2.05, 4.69) is 31.1 Å². The number of hydrogen-bond acceptors (Lipinski definition) is 3. The van der Waals surface area contributed by atoms with Gasteiger partial charge in [-0.2, -0.15) is 0 Å². The van der Waals surface area contributed by atoms with Gasteiger partial charge in [0.2, 0.25) is 0 Å². The second kappa shape index (κ2) is 5.70. The number of anilines is 2. The van der Waals surface area contributed by atoms with E-state index >= 15 is 0 Å². The summed E-state index contributed by atoms with van der Waals surface area (Å²) >= 11 is 0. The number of nitrogens with zero attached hydrogens (tertiary/aromatic N) is 1. The molecule has 14 heavy (non-hydrogen) atoms. The van der Waals surface area contributed by atoms with Gasteiger partial charge >= 0.3 is 0 Å².